The summed E-state index contributed by atoms with van der Waals surface area (Å²) in [4.78, 5) is 11.4. The van der Waals surface area contributed by atoms with Crippen molar-refractivity contribution in [3.8, 4) is 5.75 Å². The molecule has 0 heterocycles. The van der Waals surface area contributed by atoms with E-state index in [1.54, 1.807) is 18.2 Å². The van der Waals surface area contributed by atoms with Crippen molar-refractivity contribution < 1.29 is 9.53 Å². The van der Waals surface area contributed by atoms with Crippen LogP contribution in [0.2, 0.25) is 10.0 Å². The van der Waals surface area contributed by atoms with Crippen molar-refractivity contribution in [2.45, 2.75) is 20.3 Å². The summed E-state index contributed by atoms with van der Waals surface area (Å²) in [6.07, 6.45) is 0.942. The number of rotatable bonds is 6. The van der Waals surface area contributed by atoms with Gasteiger partial charge in [-0.15, -0.1) is 0 Å². The third-order valence-corrected chi connectivity index (χ3v) is 2.89. The van der Waals surface area contributed by atoms with E-state index < -0.39 is 0 Å². The number of amides is 2. The maximum Gasteiger partial charge on any atom is 0.317 e. The molecule has 0 aliphatic rings. The summed E-state index contributed by atoms with van der Waals surface area (Å²) in [7, 11) is 0. The van der Waals surface area contributed by atoms with E-state index in [1.165, 1.54) is 0 Å². The first-order valence-corrected chi connectivity index (χ1v) is 6.84. The maximum atomic E-state index is 11.4. The fourth-order valence-electron chi connectivity index (χ4n) is 1.31. The van der Waals surface area contributed by atoms with Crippen molar-refractivity contribution in [1.29, 1.82) is 0 Å². The Morgan fingerprint density at radius 1 is 1.32 bits per heavy atom. The van der Waals surface area contributed by atoms with Gasteiger partial charge in [-0.1, -0.05) is 37.0 Å². The van der Waals surface area contributed by atoms with Gasteiger partial charge < -0.3 is 15.4 Å². The van der Waals surface area contributed by atoms with Crippen molar-refractivity contribution >= 4 is 29.2 Å². The van der Waals surface area contributed by atoms with Crippen LogP contribution in [0, 0.1) is 5.92 Å². The minimum Gasteiger partial charge on any atom is -0.472 e. The van der Waals surface area contributed by atoms with Gasteiger partial charge in [0.1, 0.15) is 5.75 Å². The zero-order chi connectivity index (χ0) is 14.3. The molecule has 0 saturated carbocycles. The summed E-state index contributed by atoms with van der Waals surface area (Å²) in [5, 5.41) is 6.27. The molecule has 1 rings (SSSR count). The summed E-state index contributed by atoms with van der Waals surface area (Å²) >= 11 is 11.7. The number of carbonyl (C=O) groups is 1. The van der Waals surface area contributed by atoms with E-state index in [9.17, 15) is 4.79 Å². The molecule has 0 atom stereocenters. The molecule has 19 heavy (non-hydrogen) atoms. The minimum atomic E-state index is -0.259. The Balaban J connectivity index is 2.24. The largest absolute Gasteiger partial charge is 0.472 e. The highest BCUT2D eigenvalue weighted by atomic mass is 35.5. The summed E-state index contributed by atoms with van der Waals surface area (Å²) in [5.41, 5.74) is 0. The molecule has 0 aromatic heterocycles. The molecule has 1 aromatic carbocycles. The fourth-order valence-corrected chi connectivity index (χ4v) is 1.77. The fraction of sp³-hybridized carbons (Fsp3) is 0.462. The van der Waals surface area contributed by atoms with Gasteiger partial charge in [-0.2, -0.15) is 0 Å². The number of hydrogen-bond donors (Lipinski definition) is 2. The Labute approximate surface area is 123 Å². The second kappa shape index (κ2) is 8.12. The molecule has 6 heteroatoms. The number of ether oxygens (including phenoxy) is 1. The van der Waals surface area contributed by atoms with Crippen LogP contribution in [0.3, 0.4) is 0 Å². The molecular formula is C13H18Cl2N2O2. The van der Waals surface area contributed by atoms with Crippen LogP contribution in [0.4, 0.5) is 4.79 Å². The Kier molecular flexibility index (Phi) is 6.81. The average Bonchev–Trinajstić information content (AvgIpc) is 2.31. The van der Waals surface area contributed by atoms with E-state index >= 15 is 0 Å². The molecular weight excluding hydrogens is 287 g/mol. The summed E-state index contributed by atoms with van der Waals surface area (Å²) in [6.45, 7) is 4.90. The van der Waals surface area contributed by atoms with Gasteiger partial charge in [-0.05, 0) is 30.5 Å². The zero-order valence-corrected chi connectivity index (χ0v) is 12.5. The number of carbonyl (C=O) groups excluding carboxylic acids is 1. The van der Waals surface area contributed by atoms with Crippen LogP contribution in [-0.4, -0.2) is 19.3 Å². The van der Waals surface area contributed by atoms with Crippen LogP contribution in [0.5, 0.6) is 5.75 Å². The number of halogens is 2. The topological polar surface area (TPSA) is 50.4 Å². The first-order chi connectivity index (χ1) is 8.99. The molecule has 0 aliphatic carbocycles. The maximum absolute atomic E-state index is 11.4. The molecule has 2 amide bonds. The monoisotopic (exact) mass is 304 g/mol. The second-order valence-corrected chi connectivity index (χ2v) is 5.32. The number of nitrogens with one attached hydrogen (secondary N) is 2. The standard InChI is InChI=1S/C13H18Cl2N2O2/c1-9(2)5-6-16-13(18)17-8-19-12-4-3-10(14)7-11(12)15/h3-4,7,9H,5-6,8H2,1-2H3,(H2,16,17,18). The predicted octanol–water partition coefficient (Wildman–Crippen LogP) is 3.68. The zero-order valence-electron chi connectivity index (χ0n) is 11.0. The lowest BCUT2D eigenvalue weighted by molar-refractivity contribution is 0.223. The van der Waals surface area contributed by atoms with Gasteiger partial charge >= 0.3 is 6.03 Å². The van der Waals surface area contributed by atoms with Gasteiger partial charge in [0.05, 0.1) is 5.02 Å². The van der Waals surface area contributed by atoms with Crippen molar-refractivity contribution in [3.05, 3.63) is 28.2 Å². The lowest BCUT2D eigenvalue weighted by Gasteiger charge is -2.11. The predicted molar refractivity (Wildman–Crippen MR) is 77.9 cm³/mol. The third kappa shape index (κ3) is 6.55. The highest BCUT2D eigenvalue weighted by Gasteiger charge is 2.04. The molecule has 0 saturated heterocycles. The molecule has 106 valence electrons. The number of benzene rings is 1. The van der Waals surface area contributed by atoms with Crippen LogP contribution >= 0.6 is 23.2 Å². The summed E-state index contributed by atoms with van der Waals surface area (Å²) < 4.78 is 5.33. The lowest BCUT2D eigenvalue weighted by atomic mass is 10.1. The highest BCUT2D eigenvalue weighted by molar-refractivity contribution is 6.35. The van der Waals surface area contributed by atoms with Gasteiger partial charge in [0.25, 0.3) is 0 Å². The summed E-state index contributed by atoms with van der Waals surface area (Å²) in [5.74, 6) is 1.04. The SMILES string of the molecule is CC(C)CCNC(=O)NCOc1ccc(Cl)cc1Cl. The van der Waals surface area contributed by atoms with Gasteiger partial charge in [0.15, 0.2) is 6.73 Å². The van der Waals surface area contributed by atoms with Crippen LogP contribution < -0.4 is 15.4 Å². The number of urea groups is 1. The van der Waals surface area contributed by atoms with E-state index in [-0.39, 0.29) is 12.8 Å². The smallest absolute Gasteiger partial charge is 0.317 e. The molecule has 0 bridgehead atoms. The van der Waals surface area contributed by atoms with E-state index in [2.05, 4.69) is 24.5 Å². The van der Waals surface area contributed by atoms with E-state index in [1.807, 2.05) is 0 Å². The Hall–Kier alpha value is -1.13. The van der Waals surface area contributed by atoms with E-state index in [0.29, 0.717) is 28.3 Å². The first-order valence-electron chi connectivity index (χ1n) is 6.08. The molecule has 0 radical (unpaired) electrons. The highest BCUT2D eigenvalue weighted by Crippen LogP contribution is 2.27. The van der Waals surface area contributed by atoms with Crippen LogP contribution in [0.25, 0.3) is 0 Å². The molecule has 4 nitrogen and oxygen atoms in total. The normalized spacial score (nSPS) is 10.4. The van der Waals surface area contributed by atoms with Crippen molar-refractivity contribution in [3.63, 3.8) is 0 Å². The first kappa shape index (κ1) is 15.9. The number of hydrogen-bond acceptors (Lipinski definition) is 2. The Bertz CT molecular complexity index is 425. The quantitative estimate of drug-likeness (QED) is 0.788. The molecule has 0 spiro atoms. The Morgan fingerprint density at radius 2 is 2.05 bits per heavy atom. The van der Waals surface area contributed by atoms with Crippen molar-refractivity contribution in [2.75, 3.05) is 13.3 Å². The van der Waals surface area contributed by atoms with Crippen LogP contribution in [0.15, 0.2) is 18.2 Å². The lowest BCUT2D eigenvalue weighted by Crippen LogP contribution is -2.38. The van der Waals surface area contributed by atoms with Crippen molar-refractivity contribution in [2.24, 2.45) is 5.92 Å². The Morgan fingerprint density at radius 3 is 2.68 bits per heavy atom. The molecule has 0 aliphatic heterocycles. The van der Waals surface area contributed by atoms with Crippen LogP contribution in [0.1, 0.15) is 20.3 Å². The molecule has 0 fully saturated rings. The third-order valence-electron chi connectivity index (χ3n) is 2.36. The molecule has 0 unspecified atom stereocenters. The summed E-state index contributed by atoms with van der Waals surface area (Å²) in [6, 6.07) is 4.65. The van der Waals surface area contributed by atoms with Gasteiger partial charge in [-0.25, -0.2) is 4.79 Å². The minimum absolute atomic E-state index is 0.0505. The van der Waals surface area contributed by atoms with Crippen molar-refractivity contribution in [1.82, 2.24) is 10.6 Å². The molecule has 2 N–H and O–H groups in total. The van der Waals surface area contributed by atoms with Gasteiger partial charge in [-0.3, -0.25) is 0 Å². The van der Waals surface area contributed by atoms with E-state index in [4.69, 9.17) is 27.9 Å². The van der Waals surface area contributed by atoms with Gasteiger partial charge in [0.2, 0.25) is 0 Å². The van der Waals surface area contributed by atoms with Crippen LogP contribution in [-0.2, 0) is 0 Å². The second-order valence-electron chi connectivity index (χ2n) is 4.48. The van der Waals surface area contributed by atoms with Gasteiger partial charge in [0, 0.05) is 11.6 Å². The van der Waals surface area contributed by atoms with E-state index in [0.717, 1.165) is 6.42 Å². The average molecular weight is 305 g/mol. The molecule has 1 aromatic rings.